The van der Waals surface area contributed by atoms with Gasteiger partial charge in [-0.25, -0.2) is 9.18 Å². The number of hydrogen-bond donors (Lipinski definition) is 1. The van der Waals surface area contributed by atoms with Crippen LogP contribution >= 0.6 is 0 Å². The van der Waals surface area contributed by atoms with Gasteiger partial charge in [-0.2, -0.15) is 5.26 Å². The number of nitrogens with zero attached hydrogens (tertiary/aromatic N) is 2. The maximum absolute atomic E-state index is 13.2. The van der Waals surface area contributed by atoms with Gasteiger partial charge in [0.05, 0.1) is 11.3 Å². The first-order chi connectivity index (χ1) is 9.13. The molecule has 0 spiro atoms. The smallest absolute Gasteiger partial charge is 0.326 e. The van der Waals surface area contributed by atoms with Crippen LogP contribution in [0.1, 0.15) is 31.2 Å². The summed E-state index contributed by atoms with van der Waals surface area (Å²) in [5.41, 5.74) is 0.700. The zero-order valence-corrected chi connectivity index (χ0v) is 10.5. The highest BCUT2D eigenvalue weighted by molar-refractivity contribution is 5.79. The normalized spacial score (nSPS) is 19.6. The second-order valence-electron chi connectivity index (χ2n) is 4.67. The van der Waals surface area contributed by atoms with Crippen LogP contribution < -0.4 is 4.90 Å². The van der Waals surface area contributed by atoms with Crippen LogP contribution in [0.4, 0.5) is 10.1 Å². The Hall–Kier alpha value is -2.09. The topological polar surface area (TPSA) is 64.3 Å². The summed E-state index contributed by atoms with van der Waals surface area (Å²) < 4.78 is 13.2. The molecule has 1 heterocycles. The Morgan fingerprint density at radius 3 is 2.89 bits per heavy atom. The summed E-state index contributed by atoms with van der Waals surface area (Å²) in [6.07, 6.45) is 3.27. The van der Waals surface area contributed by atoms with Crippen molar-refractivity contribution in [2.45, 2.75) is 31.7 Å². The first kappa shape index (κ1) is 13.3. The van der Waals surface area contributed by atoms with Gasteiger partial charge in [-0.05, 0) is 31.0 Å². The third kappa shape index (κ3) is 2.84. The van der Waals surface area contributed by atoms with Crippen molar-refractivity contribution in [3.63, 3.8) is 0 Å². The molecule has 1 atom stereocenters. The van der Waals surface area contributed by atoms with Gasteiger partial charge in [-0.3, -0.25) is 0 Å². The Bertz CT molecular complexity index is 525. The largest absolute Gasteiger partial charge is 0.480 e. The molecule has 1 unspecified atom stereocenters. The third-order valence-corrected chi connectivity index (χ3v) is 3.43. The first-order valence-electron chi connectivity index (χ1n) is 6.32. The summed E-state index contributed by atoms with van der Waals surface area (Å²) >= 11 is 0. The van der Waals surface area contributed by atoms with Gasteiger partial charge < -0.3 is 10.0 Å². The van der Waals surface area contributed by atoms with Gasteiger partial charge in [0.1, 0.15) is 17.9 Å². The minimum absolute atomic E-state index is 0.188. The van der Waals surface area contributed by atoms with E-state index in [1.54, 1.807) is 4.90 Å². The standard InChI is InChI=1S/C14H15FN2O2/c15-11-5-6-12(10(8-11)9-16)17-7-3-1-2-4-13(17)14(18)19/h5-6,8,13H,1-4,7H2,(H,18,19). The number of nitriles is 1. The third-order valence-electron chi connectivity index (χ3n) is 3.43. The maximum atomic E-state index is 13.2. The molecule has 100 valence electrons. The zero-order valence-electron chi connectivity index (χ0n) is 10.5. The van der Waals surface area contributed by atoms with Gasteiger partial charge in [-0.1, -0.05) is 12.8 Å². The molecule has 0 bridgehead atoms. The van der Waals surface area contributed by atoms with E-state index in [9.17, 15) is 14.3 Å². The molecule has 5 heteroatoms. The molecule has 1 aliphatic heterocycles. The van der Waals surface area contributed by atoms with Crippen molar-refractivity contribution in [1.82, 2.24) is 0 Å². The van der Waals surface area contributed by atoms with Crippen molar-refractivity contribution in [1.29, 1.82) is 5.26 Å². The number of rotatable bonds is 2. The summed E-state index contributed by atoms with van der Waals surface area (Å²) in [5.74, 6) is -1.38. The second-order valence-corrected chi connectivity index (χ2v) is 4.67. The van der Waals surface area contributed by atoms with Gasteiger partial charge >= 0.3 is 5.97 Å². The van der Waals surface area contributed by atoms with E-state index in [4.69, 9.17) is 5.26 Å². The van der Waals surface area contributed by atoms with Crippen LogP contribution in [0.3, 0.4) is 0 Å². The molecule has 19 heavy (non-hydrogen) atoms. The Kier molecular flexibility index (Phi) is 4.00. The van der Waals surface area contributed by atoms with Crippen LogP contribution in [-0.2, 0) is 4.79 Å². The average molecular weight is 262 g/mol. The number of halogens is 1. The van der Waals surface area contributed by atoms with Crippen LogP contribution in [0.2, 0.25) is 0 Å². The lowest BCUT2D eigenvalue weighted by atomic mass is 10.1. The number of benzene rings is 1. The van der Waals surface area contributed by atoms with Gasteiger partial charge in [-0.15, -0.1) is 0 Å². The SMILES string of the molecule is N#Cc1cc(F)ccc1N1CCCCCC1C(=O)O. The van der Waals surface area contributed by atoms with Crippen LogP contribution in [0.25, 0.3) is 0 Å². The second kappa shape index (κ2) is 5.70. The van der Waals surface area contributed by atoms with E-state index in [-0.39, 0.29) is 5.56 Å². The van der Waals surface area contributed by atoms with E-state index in [0.29, 0.717) is 18.7 Å². The lowest BCUT2D eigenvalue weighted by Crippen LogP contribution is -2.41. The van der Waals surface area contributed by atoms with E-state index >= 15 is 0 Å². The molecule has 4 nitrogen and oxygen atoms in total. The van der Waals surface area contributed by atoms with Crippen LogP contribution in [0, 0.1) is 17.1 Å². The Labute approximate surface area is 111 Å². The quantitative estimate of drug-likeness (QED) is 0.889. The Morgan fingerprint density at radius 2 is 2.21 bits per heavy atom. The molecule has 0 radical (unpaired) electrons. The van der Waals surface area contributed by atoms with Crippen molar-refractivity contribution >= 4 is 11.7 Å². The minimum Gasteiger partial charge on any atom is -0.480 e. The molecule has 0 aliphatic carbocycles. The molecule has 1 aliphatic rings. The van der Waals surface area contributed by atoms with E-state index in [2.05, 4.69) is 0 Å². The van der Waals surface area contributed by atoms with E-state index < -0.39 is 17.8 Å². The zero-order chi connectivity index (χ0) is 13.8. The number of anilines is 1. The Balaban J connectivity index is 2.42. The molecule has 0 aromatic heterocycles. The minimum atomic E-state index is -0.893. The maximum Gasteiger partial charge on any atom is 0.326 e. The molecule has 1 fully saturated rings. The fraction of sp³-hybridized carbons (Fsp3) is 0.429. The van der Waals surface area contributed by atoms with Crippen molar-refractivity contribution in [2.24, 2.45) is 0 Å². The highest BCUT2D eigenvalue weighted by Gasteiger charge is 2.28. The summed E-state index contributed by atoms with van der Waals surface area (Å²) in [4.78, 5) is 13.1. The van der Waals surface area contributed by atoms with E-state index in [1.807, 2.05) is 6.07 Å². The van der Waals surface area contributed by atoms with E-state index in [0.717, 1.165) is 25.3 Å². The van der Waals surface area contributed by atoms with Gasteiger partial charge in [0.15, 0.2) is 0 Å². The molecule has 1 aromatic rings. The fourth-order valence-corrected chi connectivity index (χ4v) is 2.50. The first-order valence-corrected chi connectivity index (χ1v) is 6.32. The Morgan fingerprint density at radius 1 is 1.42 bits per heavy atom. The van der Waals surface area contributed by atoms with E-state index in [1.165, 1.54) is 12.1 Å². The van der Waals surface area contributed by atoms with Crippen LogP contribution in [0.5, 0.6) is 0 Å². The number of aliphatic carboxylic acids is 1. The predicted molar refractivity (Wildman–Crippen MR) is 68.4 cm³/mol. The summed E-state index contributed by atoms with van der Waals surface area (Å²) in [6, 6.07) is 5.21. The molecule has 0 saturated carbocycles. The van der Waals surface area contributed by atoms with Gasteiger partial charge in [0.25, 0.3) is 0 Å². The van der Waals surface area contributed by atoms with Crippen molar-refractivity contribution in [2.75, 3.05) is 11.4 Å². The average Bonchev–Trinajstić information content (AvgIpc) is 2.64. The molecule has 1 aromatic carbocycles. The summed E-state index contributed by atoms with van der Waals surface area (Å²) in [6.45, 7) is 0.581. The molecular formula is C14H15FN2O2. The lowest BCUT2D eigenvalue weighted by molar-refractivity contribution is -0.138. The summed E-state index contributed by atoms with van der Waals surface area (Å²) in [7, 11) is 0. The fourth-order valence-electron chi connectivity index (χ4n) is 2.50. The van der Waals surface area contributed by atoms with Crippen molar-refractivity contribution in [3.8, 4) is 6.07 Å². The van der Waals surface area contributed by atoms with Crippen molar-refractivity contribution < 1.29 is 14.3 Å². The molecule has 1 saturated heterocycles. The number of hydrogen-bond acceptors (Lipinski definition) is 3. The summed E-state index contributed by atoms with van der Waals surface area (Å²) in [5, 5.41) is 18.4. The highest BCUT2D eigenvalue weighted by atomic mass is 19.1. The van der Waals surface area contributed by atoms with Gasteiger partial charge in [0, 0.05) is 6.54 Å². The van der Waals surface area contributed by atoms with Crippen LogP contribution in [0.15, 0.2) is 18.2 Å². The number of carbonyl (C=O) groups is 1. The molecule has 1 N–H and O–H groups in total. The highest BCUT2D eigenvalue weighted by Crippen LogP contribution is 2.27. The van der Waals surface area contributed by atoms with Crippen LogP contribution in [-0.4, -0.2) is 23.7 Å². The number of carboxylic acids is 1. The predicted octanol–water partition coefficient (Wildman–Crippen LogP) is 2.53. The number of carboxylic acid groups (broad SMARTS) is 1. The van der Waals surface area contributed by atoms with Crippen molar-refractivity contribution in [3.05, 3.63) is 29.6 Å². The molecular weight excluding hydrogens is 247 g/mol. The molecule has 0 amide bonds. The van der Waals surface area contributed by atoms with Gasteiger partial charge in [0.2, 0.25) is 0 Å². The molecule has 2 rings (SSSR count). The lowest BCUT2D eigenvalue weighted by Gasteiger charge is -2.29. The monoisotopic (exact) mass is 262 g/mol.